The second-order valence-corrected chi connectivity index (χ2v) is 13.9. The van der Waals surface area contributed by atoms with E-state index in [1.165, 1.54) is 6.42 Å². The Balaban J connectivity index is 1.50. The molecular weight excluding hydrogens is 484 g/mol. The summed E-state index contributed by atoms with van der Waals surface area (Å²) in [6.07, 6.45) is 7.61. The minimum absolute atomic E-state index is 0.000823. The number of ketones is 2. The maximum Gasteiger partial charge on any atom is 0.315 e. The van der Waals surface area contributed by atoms with Crippen molar-refractivity contribution in [3.63, 3.8) is 0 Å². The van der Waals surface area contributed by atoms with Crippen molar-refractivity contribution in [1.82, 2.24) is 15.5 Å². The highest BCUT2D eigenvalue weighted by Gasteiger charge is 2.69. The largest absolute Gasteiger partial charge is 0.363 e. The summed E-state index contributed by atoms with van der Waals surface area (Å²) in [6, 6.07) is -1.72. The zero-order valence-electron chi connectivity index (χ0n) is 23.7. The second-order valence-electron chi connectivity index (χ2n) is 13.9. The number of rotatable bonds is 10. The van der Waals surface area contributed by atoms with Crippen LogP contribution < -0.4 is 16.4 Å². The van der Waals surface area contributed by atoms with Crippen LogP contribution in [-0.4, -0.2) is 59.0 Å². The van der Waals surface area contributed by atoms with E-state index in [2.05, 4.69) is 24.5 Å². The smallest absolute Gasteiger partial charge is 0.315 e. The van der Waals surface area contributed by atoms with Gasteiger partial charge in [0.1, 0.15) is 6.04 Å². The van der Waals surface area contributed by atoms with Crippen molar-refractivity contribution in [2.45, 2.75) is 111 Å². The summed E-state index contributed by atoms with van der Waals surface area (Å²) in [5.74, 6) is -2.35. The van der Waals surface area contributed by atoms with E-state index < -0.39 is 35.1 Å². The van der Waals surface area contributed by atoms with E-state index in [0.29, 0.717) is 18.9 Å². The zero-order valence-corrected chi connectivity index (χ0v) is 23.7. The van der Waals surface area contributed by atoms with E-state index in [4.69, 9.17) is 5.73 Å². The average Bonchev–Trinajstić information content (AvgIpc) is 3.68. The van der Waals surface area contributed by atoms with E-state index in [9.17, 15) is 24.0 Å². The van der Waals surface area contributed by atoms with Crippen LogP contribution in [-0.2, 0) is 19.2 Å². The molecule has 4 aliphatic rings. The van der Waals surface area contributed by atoms with E-state index in [-0.39, 0.29) is 47.4 Å². The molecule has 0 aromatic rings. The standard InChI is InChI=1S/C29H46N4O5/c1-28(2,3)24(32-27(38)31-18-9-7-6-8-10-18)26(37)33-15-19-21(29(19,4)5)22(33)20(34)14-17(13-16-11-12-16)23(35)25(30)36/h16-19,21-22,24H,6-15H2,1-5H3,(H2,30,36)(H2,31,32,38)/t17?,19-,21-,22+,24+/m0/s1. The minimum atomic E-state index is -1.01. The topological polar surface area (TPSA) is 139 Å². The lowest BCUT2D eigenvalue weighted by molar-refractivity contribution is -0.144. The second kappa shape index (κ2) is 10.6. The van der Waals surface area contributed by atoms with Crippen LogP contribution in [0.2, 0.25) is 0 Å². The molecule has 1 unspecified atom stereocenters. The minimum Gasteiger partial charge on any atom is -0.363 e. The molecule has 1 heterocycles. The number of Topliss-reactive ketones (excluding diaryl/α,β-unsaturated/α-hetero) is 2. The Bertz CT molecular complexity index is 976. The molecule has 212 valence electrons. The number of likely N-dealkylation sites (tertiary alicyclic amines) is 1. The van der Waals surface area contributed by atoms with Crippen LogP contribution in [0.25, 0.3) is 0 Å². The number of piperidine rings is 1. The van der Waals surface area contributed by atoms with Crippen molar-refractivity contribution in [3.05, 3.63) is 0 Å². The highest BCUT2D eigenvalue weighted by atomic mass is 16.2. The Kier molecular flexibility index (Phi) is 7.97. The number of amides is 4. The van der Waals surface area contributed by atoms with Crippen molar-refractivity contribution < 1.29 is 24.0 Å². The summed E-state index contributed by atoms with van der Waals surface area (Å²) < 4.78 is 0. The van der Waals surface area contributed by atoms with Crippen LogP contribution in [0, 0.1) is 34.5 Å². The molecule has 5 atom stereocenters. The third kappa shape index (κ3) is 6.07. The third-order valence-corrected chi connectivity index (χ3v) is 9.53. The fraction of sp³-hybridized carbons (Fsp3) is 0.828. The monoisotopic (exact) mass is 530 g/mol. The number of nitrogens with one attached hydrogen (secondary N) is 2. The normalized spacial score (nSPS) is 28.1. The van der Waals surface area contributed by atoms with E-state index in [0.717, 1.165) is 38.5 Å². The van der Waals surface area contributed by atoms with Gasteiger partial charge in [0, 0.05) is 24.9 Å². The highest BCUT2D eigenvalue weighted by molar-refractivity contribution is 6.36. The first kappa shape index (κ1) is 28.6. The molecule has 0 aromatic carbocycles. The molecule has 9 nitrogen and oxygen atoms in total. The van der Waals surface area contributed by atoms with Gasteiger partial charge in [-0.25, -0.2) is 4.79 Å². The Morgan fingerprint density at radius 3 is 2.18 bits per heavy atom. The molecule has 0 spiro atoms. The number of fused-ring (bicyclic) bond motifs is 1. The lowest BCUT2D eigenvalue weighted by Crippen LogP contribution is -2.60. The predicted molar refractivity (Wildman–Crippen MR) is 143 cm³/mol. The first-order chi connectivity index (χ1) is 17.7. The van der Waals surface area contributed by atoms with Gasteiger partial charge >= 0.3 is 6.03 Å². The summed E-state index contributed by atoms with van der Waals surface area (Å²) in [6.45, 7) is 10.4. The molecule has 4 fully saturated rings. The van der Waals surface area contributed by atoms with Crippen molar-refractivity contribution in [3.8, 4) is 0 Å². The fourth-order valence-corrected chi connectivity index (χ4v) is 6.91. The Labute approximate surface area is 226 Å². The van der Waals surface area contributed by atoms with Crippen LogP contribution in [0.1, 0.15) is 92.4 Å². The molecule has 3 aliphatic carbocycles. The van der Waals surface area contributed by atoms with Crippen LogP contribution in [0.4, 0.5) is 4.79 Å². The van der Waals surface area contributed by atoms with Gasteiger partial charge in [0.2, 0.25) is 11.7 Å². The first-order valence-electron chi connectivity index (χ1n) is 14.5. The van der Waals surface area contributed by atoms with Crippen LogP contribution in [0.5, 0.6) is 0 Å². The van der Waals surface area contributed by atoms with Gasteiger partial charge < -0.3 is 21.3 Å². The van der Waals surface area contributed by atoms with Gasteiger partial charge in [0.25, 0.3) is 5.91 Å². The highest BCUT2D eigenvalue weighted by Crippen LogP contribution is 2.65. The number of carbonyl (C=O) groups is 5. The molecule has 4 rings (SSSR count). The number of hydrogen-bond donors (Lipinski definition) is 3. The number of nitrogens with zero attached hydrogens (tertiary/aromatic N) is 1. The summed E-state index contributed by atoms with van der Waals surface area (Å²) >= 11 is 0. The van der Waals surface area contributed by atoms with Gasteiger partial charge in [-0.05, 0) is 47.8 Å². The van der Waals surface area contributed by atoms with Crippen molar-refractivity contribution in [1.29, 1.82) is 0 Å². The maximum atomic E-state index is 14.0. The fourth-order valence-electron chi connectivity index (χ4n) is 6.91. The summed E-state index contributed by atoms with van der Waals surface area (Å²) in [5.41, 5.74) is 4.65. The van der Waals surface area contributed by atoms with Crippen molar-refractivity contribution in [2.75, 3.05) is 6.54 Å². The number of hydrogen-bond acceptors (Lipinski definition) is 5. The molecule has 0 bridgehead atoms. The molecule has 3 saturated carbocycles. The average molecular weight is 531 g/mol. The van der Waals surface area contributed by atoms with Gasteiger partial charge in [-0.3, -0.25) is 19.2 Å². The maximum absolute atomic E-state index is 14.0. The van der Waals surface area contributed by atoms with Crippen LogP contribution in [0.15, 0.2) is 0 Å². The van der Waals surface area contributed by atoms with Crippen molar-refractivity contribution in [2.24, 2.45) is 40.2 Å². The Morgan fingerprint density at radius 2 is 1.63 bits per heavy atom. The lowest BCUT2D eigenvalue weighted by Gasteiger charge is -2.38. The van der Waals surface area contributed by atoms with Gasteiger partial charge in [0.05, 0.1) is 6.04 Å². The molecule has 4 N–H and O–H groups in total. The zero-order chi connectivity index (χ0) is 28.0. The summed E-state index contributed by atoms with van der Waals surface area (Å²) in [5, 5.41) is 5.97. The lowest BCUT2D eigenvalue weighted by atomic mass is 9.84. The van der Waals surface area contributed by atoms with Crippen molar-refractivity contribution >= 4 is 29.4 Å². The van der Waals surface area contributed by atoms with E-state index >= 15 is 0 Å². The molecule has 9 heteroatoms. The SMILES string of the molecule is CC(C)(C)[C@H](NC(=O)NC1CCCCC1)C(=O)N1C[C@H]2[C@@H]([C@H]1C(=O)CC(CC1CC1)C(=O)C(N)=O)C2(C)C. The number of nitrogens with two attached hydrogens (primary N) is 1. The Morgan fingerprint density at radius 1 is 1.00 bits per heavy atom. The molecule has 1 saturated heterocycles. The predicted octanol–water partition coefficient (Wildman–Crippen LogP) is 2.95. The van der Waals surface area contributed by atoms with Crippen LogP contribution >= 0.6 is 0 Å². The molecule has 4 amide bonds. The summed E-state index contributed by atoms with van der Waals surface area (Å²) in [7, 11) is 0. The molecule has 1 aliphatic heterocycles. The molecule has 0 radical (unpaired) electrons. The number of carbonyl (C=O) groups excluding carboxylic acids is 5. The van der Waals surface area contributed by atoms with Gasteiger partial charge in [-0.2, -0.15) is 0 Å². The van der Waals surface area contributed by atoms with E-state index in [1.807, 2.05) is 20.8 Å². The quantitative estimate of drug-likeness (QED) is 0.373. The van der Waals surface area contributed by atoms with Gasteiger partial charge in [0.15, 0.2) is 5.78 Å². The van der Waals surface area contributed by atoms with Gasteiger partial charge in [-0.1, -0.05) is 66.7 Å². The van der Waals surface area contributed by atoms with Gasteiger partial charge in [-0.15, -0.1) is 0 Å². The molecular formula is C29H46N4O5. The third-order valence-electron chi connectivity index (χ3n) is 9.53. The number of urea groups is 1. The van der Waals surface area contributed by atoms with Crippen LogP contribution in [0.3, 0.4) is 0 Å². The Hall–Kier alpha value is -2.45. The molecule has 0 aromatic heterocycles. The molecule has 38 heavy (non-hydrogen) atoms. The first-order valence-corrected chi connectivity index (χ1v) is 14.5. The number of primary amides is 1. The summed E-state index contributed by atoms with van der Waals surface area (Å²) in [4.78, 5) is 66.6. The van der Waals surface area contributed by atoms with E-state index in [1.54, 1.807) is 4.90 Å².